The highest BCUT2D eigenvalue weighted by Gasteiger charge is 2.25. The average Bonchev–Trinajstić information content (AvgIpc) is 3.05. The lowest BCUT2D eigenvalue weighted by Crippen LogP contribution is -2.31. The quantitative estimate of drug-likeness (QED) is 0.844. The number of carboxylic acids is 1. The van der Waals surface area contributed by atoms with Gasteiger partial charge in [-0.3, -0.25) is 0 Å². The number of rotatable bonds is 6. The number of fused-ring (bicyclic) bond motifs is 3. The number of anilines is 1. The molecule has 2 N–H and O–H groups in total. The zero-order chi connectivity index (χ0) is 16.6. The normalized spacial score (nSPS) is 15.1. The van der Waals surface area contributed by atoms with Crippen molar-refractivity contribution in [3.8, 4) is 0 Å². The first-order chi connectivity index (χ1) is 11.0. The molecule has 0 bridgehead atoms. The Bertz CT molecular complexity index is 739. The molecule has 0 aliphatic heterocycles. The molecule has 0 amide bonds. The topological polar surface area (TPSA) is 75.1 Å². The molecular formula is C17H23N3O2S. The number of hydrogen-bond donors (Lipinski definition) is 2. The van der Waals surface area contributed by atoms with Crippen molar-refractivity contribution in [1.82, 2.24) is 9.97 Å². The minimum absolute atomic E-state index is 0.305. The van der Waals surface area contributed by atoms with Crippen LogP contribution in [-0.2, 0) is 24.1 Å². The number of thiophene rings is 1. The van der Waals surface area contributed by atoms with Crippen molar-refractivity contribution in [2.75, 3.05) is 5.32 Å². The van der Waals surface area contributed by atoms with Gasteiger partial charge >= 0.3 is 5.97 Å². The molecule has 2 aromatic rings. The van der Waals surface area contributed by atoms with Crippen molar-refractivity contribution in [2.45, 2.75) is 58.9 Å². The Labute approximate surface area is 140 Å². The van der Waals surface area contributed by atoms with E-state index in [2.05, 4.69) is 15.3 Å². The predicted molar refractivity (Wildman–Crippen MR) is 93.3 cm³/mol. The maximum absolute atomic E-state index is 11.6. The Balaban J connectivity index is 2.05. The SMILES string of the molecule is CCc1nc(NC(CC(C)C)C(=O)O)c2c3c(sc2n1)CCC3. The first-order valence-electron chi connectivity index (χ1n) is 8.30. The van der Waals surface area contributed by atoms with E-state index < -0.39 is 12.0 Å². The molecule has 0 aromatic carbocycles. The summed E-state index contributed by atoms with van der Waals surface area (Å²) in [6, 6.07) is -0.616. The number of hydrogen-bond acceptors (Lipinski definition) is 5. The Morgan fingerprint density at radius 2 is 2.13 bits per heavy atom. The third-order valence-electron chi connectivity index (χ3n) is 4.24. The molecule has 1 aliphatic carbocycles. The van der Waals surface area contributed by atoms with E-state index in [1.807, 2.05) is 20.8 Å². The molecule has 124 valence electrons. The second-order valence-electron chi connectivity index (χ2n) is 6.54. The minimum Gasteiger partial charge on any atom is -0.480 e. The molecule has 0 saturated carbocycles. The number of nitrogens with zero attached hydrogens (tertiary/aromatic N) is 2. The highest BCUT2D eigenvalue weighted by molar-refractivity contribution is 7.19. The average molecular weight is 333 g/mol. The van der Waals surface area contributed by atoms with Crippen LogP contribution < -0.4 is 5.32 Å². The number of aliphatic carboxylic acids is 1. The maximum Gasteiger partial charge on any atom is 0.326 e. The molecule has 0 fully saturated rings. The summed E-state index contributed by atoms with van der Waals surface area (Å²) in [7, 11) is 0. The van der Waals surface area contributed by atoms with Gasteiger partial charge in [-0.2, -0.15) is 0 Å². The van der Waals surface area contributed by atoms with Gasteiger partial charge < -0.3 is 10.4 Å². The lowest BCUT2D eigenvalue weighted by Gasteiger charge is -2.18. The van der Waals surface area contributed by atoms with Gasteiger partial charge in [0.25, 0.3) is 0 Å². The summed E-state index contributed by atoms with van der Waals surface area (Å²) in [5.74, 6) is 0.961. The fourth-order valence-corrected chi connectivity index (χ4v) is 4.44. The van der Waals surface area contributed by atoms with E-state index in [0.717, 1.165) is 35.3 Å². The van der Waals surface area contributed by atoms with Crippen LogP contribution in [0.1, 0.15) is 49.9 Å². The summed E-state index contributed by atoms with van der Waals surface area (Å²) in [6.45, 7) is 6.09. The van der Waals surface area contributed by atoms with E-state index in [1.165, 1.54) is 16.9 Å². The number of aromatic nitrogens is 2. The van der Waals surface area contributed by atoms with E-state index in [0.29, 0.717) is 18.2 Å². The van der Waals surface area contributed by atoms with Crippen molar-refractivity contribution in [1.29, 1.82) is 0 Å². The Hall–Kier alpha value is -1.69. The van der Waals surface area contributed by atoms with Crippen LogP contribution in [0.2, 0.25) is 0 Å². The van der Waals surface area contributed by atoms with E-state index in [-0.39, 0.29) is 0 Å². The molecule has 3 rings (SSSR count). The standard InChI is InChI=1S/C17H23N3O2S/c1-4-13-19-15(18-11(17(21)22)8-9(2)3)14-10-6-5-7-12(10)23-16(14)20-13/h9,11H,4-8H2,1-3H3,(H,21,22)(H,18,19,20). The predicted octanol–water partition coefficient (Wildman–Crippen LogP) is 3.65. The third-order valence-corrected chi connectivity index (χ3v) is 5.43. The lowest BCUT2D eigenvalue weighted by atomic mass is 10.0. The summed E-state index contributed by atoms with van der Waals surface area (Å²) in [5.41, 5.74) is 1.32. The third kappa shape index (κ3) is 3.17. The van der Waals surface area contributed by atoms with Gasteiger partial charge in [-0.15, -0.1) is 11.3 Å². The van der Waals surface area contributed by atoms with Crippen molar-refractivity contribution < 1.29 is 9.90 Å². The molecular weight excluding hydrogens is 310 g/mol. The molecule has 1 atom stereocenters. The van der Waals surface area contributed by atoms with Gasteiger partial charge in [0.1, 0.15) is 22.5 Å². The first-order valence-corrected chi connectivity index (χ1v) is 9.11. The molecule has 6 heteroatoms. The van der Waals surface area contributed by atoms with E-state index in [4.69, 9.17) is 0 Å². The van der Waals surface area contributed by atoms with Crippen LogP contribution in [-0.4, -0.2) is 27.1 Å². The molecule has 0 spiro atoms. The monoisotopic (exact) mass is 333 g/mol. The molecule has 2 heterocycles. The fourth-order valence-electron chi connectivity index (χ4n) is 3.16. The lowest BCUT2D eigenvalue weighted by molar-refractivity contribution is -0.138. The first kappa shape index (κ1) is 16.2. The number of carboxylic acid groups (broad SMARTS) is 1. The van der Waals surface area contributed by atoms with Gasteiger partial charge in [0.15, 0.2) is 0 Å². The summed E-state index contributed by atoms with van der Waals surface area (Å²) < 4.78 is 0. The largest absolute Gasteiger partial charge is 0.480 e. The fraction of sp³-hybridized carbons (Fsp3) is 0.588. The Morgan fingerprint density at radius 1 is 1.35 bits per heavy atom. The van der Waals surface area contributed by atoms with Crippen molar-refractivity contribution in [3.63, 3.8) is 0 Å². The van der Waals surface area contributed by atoms with Crippen LogP contribution in [0.3, 0.4) is 0 Å². The summed E-state index contributed by atoms with van der Waals surface area (Å²) in [5, 5.41) is 13.8. The van der Waals surface area contributed by atoms with Crippen LogP contribution in [0.4, 0.5) is 5.82 Å². The zero-order valence-corrected chi connectivity index (χ0v) is 14.7. The van der Waals surface area contributed by atoms with Crippen LogP contribution in [0, 0.1) is 5.92 Å². The van der Waals surface area contributed by atoms with Crippen LogP contribution in [0.5, 0.6) is 0 Å². The second kappa shape index (κ2) is 6.43. The van der Waals surface area contributed by atoms with Crippen molar-refractivity contribution in [2.24, 2.45) is 5.92 Å². The van der Waals surface area contributed by atoms with E-state index >= 15 is 0 Å². The van der Waals surface area contributed by atoms with Crippen molar-refractivity contribution >= 4 is 33.3 Å². The zero-order valence-electron chi connectivity index (χ0n) is 13.8. The maximum atomic E-state index is 11.6. The number of carbonyl (C=O) groups is 1. The van der Waals surface area contributed by atoms with Gasteiger partial charge in [-0.1, -0.05) is 20.8 Å². The van der Waals surface area contributed by atoms with Gasteiger partial charge in [-0.25, -0.2) is 14.8 Å². The smallest absolute Gasteiger partial charge is 0.326 e. The Morgan fingerprint density at radius 3 is 2.78 bits per heavy atom. The van der Waals surface area contributed by atoms with Gasteiger partial charge in [0.2, 0.25) is 0 Å². The van der Waals surface area contributed by atoms with E-state index in [1.54, 1.807) is 11.3 Å². The molecule has 1 aliphatic rings. The van der Waals surface area contributed by atoms with Crippen molar-refractivity contribution in [3.05, 3.63) is 16.3 Å². The number of nitrogens with one attached hydrogen (secondary N) is 1. The van der Waals surface area contributed by atoms with Crippen LogP contribution >= 0.6 is 11.3 Å². The molecule has 5 nitrogen and oxygen atoms in total. The highest BCUT2D eigenvalue weighted by Crippen LogP contribution is 2.39. The molecule has 0 saturated heterocycles. The highest BCUT2D eigenvalue weighted by atomic mass is 32.1. The van der Waals surface area contributed by atoms with E-state index in [9.17, 15) is 9.90 Å². The summed E-state index contributed by atoms with van der Waals surface area (Å²) in [6.07, 6.45) is 4.64. The minimum atomic E-state index is -0.824. The van der Waals surface area contributed by atoms with Crippen LogP contribution in [0.25, 0.3) is 10.2 Å². The second-order valence-corrected chi connectivity index (χ2v) is 7.63. The summed E-state index contributed by atoms with van der Waals surface area (Å²) >= 11 is 1.74. The Kier molecular flexibility index (Phi) is 4.53. The molecule has 2 aromatic heterocycles. The molecule has 23 heavy (non-hydrogen) atoms. The number of aryl methyl sites for hydroxylation is 3. The molecule has 0 radical (unpaired) electrons. The van der Waals surface area contributed by atoms with Gasteiger partial charge in [-0.05, 0) is 37.2 Å². The van der Waals surface area contributed by atoms with Crippen LogP contribution in [0.15, 0.2) is 0 Å². The summed E-state index contributed by atoms with van der Waals surface area (Å²) in [4.78, 5) is 23.3. The molecule has 1 unspecified atom stereocenters. The van der Waals surface area contributed by atoms with Gasteiger partial charge in [0, 0.05) is 11.3 Å². The van der Waals surface area contributed by atoms with Gasteiger partial charge in [0.05, 0.1) is 5.39 Å².